The van der Waals surface area contributed by atoms with Crippen molar-refractivity contribution in [2.75, 3.05) is 0 Å². The summed E-state index contributed by atoms with van der Waals surface area (Å²) in [5.41, 5.74) is 8.09. The zero-order chi connectivity index (χ0) is 15.3. The molecular formula is C18H18N2O2. The maximum atomic E-state index is 9.56. The lowest BCUT2D eigenvalue weighted by molar-refractivity contribution is 0.393. The number of hydrogen-bond acceptors (Lipinski definition) is 3. The lowest BCUT2D eigenvalue weighted by Gasteiger charge is -2.07. The number of hydrogen-bond donors (Lipinski definition) is 2. The molecule has 0 saturated heterocycles. The van der Waals surface area contributed by atoms with Crippen LogP contribution in [-0.2, 0) is 12.8 Å². The molecule has 1 aliphatic rings. The minimum atomic E-state index is 0.287. The monoisotopic (exact) mass is 294 g/mol. The van der Waals surface area contributed by atoms with Gasteiger partial charge in [0.15, 0.2) is 0 Å². The van der Waals surface area contributed by atoms with E-state index in [2.05, 4.69) is 10.1 Å². The van der Waals surface area contributed by atoms with Crippen LogP contribution in [0, 0.1) is 13.8 Å². The number of aromatic hydroxyl groups is 1. The van der Waals surface area contributed by atoms with Crippen molar-refractivity contribution in [2.24, 2.45) is 0 Å². The number of nitrogens with zero attached hydrogens (tertiary/aromatic N) is 1. The molecule has 0 atom stereocenters. The Kier molecular flexibility index (Phi) is 2.86. The molecule has 1 aromatic carbocycles. The van der Waals surface area contributed by atoms with E-state index in [9.17, 15) is 5.11 Å². The summed E-state index contributed by atoms with van der Waals surface area (Å²) in [7, 11) is 0. The predicted molar refractivity (Wildman–Crippen MR) is 84.9 cm³/mol. The molecule has 4 nitrogen and oxygen atoms in total. The van der Waals surface area contributed by atoms with Crippen LogP contribution in [0.15, 0.2) is 28.8 Å². The zero-order valence-electron chi connectivity index (χ0n) is 12.7. The number of aromatic nitrogens is 2. The van der Waals surface area contributed by atoms with Gasteiger partial charge in [-0.05, 0) is 56.4 Å². The molecule has 0 amide bonds. The van der Waals surface area contributed by atoms with E-state index in [4.69, 9.17) is 4.52 Å². The van der Waals surface area contributed by atoms with Crippen molar-refractivity contribution in [2.45, 2.75) is 33.1 Å². The largest absolute Gasteiger partial charge is 0.508 e. The highest BCUT2D eigenvalue weighted by atomic mass is 16.5. The number of aryl methyl sites for hydroxylation is 3. The van der Waals surface area contributed by atoms with Gasteiger partial charge in [-0.3, -0.25) is 0 Å². The fourth-order valence-electron chi connectivity index (χ4n) is 3.50. The molecule has 0 radical (unpaired) electrons. The molecule has 0 bridgehead atoms. The van der Waals surface area contributed by atoms with E-state index in [1.165, 1.54) is 23.2 Å². The topological polar surface area (TPSA) is 62.0 Å². The van der Waals surface area contributed by atoms with Crippen LogP contribution in [0.3, 0.4) is 0 Å². The van der Waals surface area contributed by atoms with Crippen molar-refractivity contribution in [3.05, 3.63) is 47.0 Å². The number of benzene rings is 1. The Morgan fingerprint density at radius 3 is 2.55 bits per heavy atom. The lowest BCUT2D eigenvalue weighted by atomic mass is 9.96. The van der Waals surface area contributed by atoms with Crippen molar-refractivity contribution >= 4 is 0 Å². The van der Waals surface area contributed by atoms with Crippen molar-refractivity contribution in [1.29, 1.82) is 0 Å². The first-order chi connectivity index (χ1) is 10.6. The van der Waals surface area contributed by atoms with E-state index in [1.54, 1.807) is 12.1 Å². The van der Waals surface area contributed by atoms with Gasteiger partial charge in [-0.1, -0.05) is 17.3 Å². The summed E-state index contributed by atoms with van der Waals surface area (Å²) < 4.78 is 5.35. The van der Waals surface area contributed by atoms with Crippen LogP contribution in [0.2, 0.25) is 0 Å². The van der Waals surface area contributed by atoms with Crippen molar-refractivity contribution < 1.29 is 9.63 Å². The maximum absolute atomic E-state index is 9.56. The Hall–Kier alpha value is -2.49. The van der Waals surface area contributed by atoms with Crippen molar-refractivity contribution in [1.82, 2.24) is 10.1 Å². The van der Waals surface area contributed by atoms with Crippen LogP contribution in [0.25, 0.3) is 22.4 Å². The molecular weight excluding hydrogens is 276 g/mol. The highest BCUT2D eigenvalue weighted by Gasteiger charge is 2.26. The Morgan fingerprint density at radius 2 is 1.86 bits per heavy atom. The van der Waals surface area contributed by atoms with Gasteiger partial charge < -0.3 is 14.6 Å². The van der Waals surface area contributed by atoms with Crippen LogP contribution in [0.5, 0.6) is 5.75 Å². The van der Waals surface area contributed by atoms with E-state index in [-0.39, 0.29) is 5.75 Å². The predicted octanol–water partition coefficient (Wildman–Crippen LogP) is 4.15. The van der Waals surface area contributed by atoms with Gasteiger partial charge in [-0.2, -0.15) is 0 Å². The Bertz CT molecular complexity index is 821. The highest BCUT2D eigenvalue weighted by Crippen LogP contribution is 2.42. The molecule has 2 N–H and O–H groups in total. The second-order valence-electron chi connectivity index (χ2n) is 5.93. The summed E-state index contributed by atoms with van der Waals surface area (Å²) in [5.74, 6) is 1.12. The first kappa shape index (κ1) is 13.2. The summed E-state index contributed by atoms with van der Waals surface area (Å²) in [6.07, 6.45) is 3.36. The summed E-state index contributed by atoms with van der Waals surface area (Å²) in [4.78, 5) is 3.60. The fourth-order valence-corrected chi connectivity index (χ4v) is 3.50. The minimum Gasteiger partial charge on any atom is -0.508 e. The Morgan fingerprint density at radius 1 is 1.09 bits per heavy atom. The van der Waals surface area contributed by atoms with Crippen molar-refractivity contribution in [3.8, 4) is 28.1 Å². The molecule has 22 heavy (non-hydrogen) atoms. The second-order valence-corrected chi connectivity index (χ2v) is 5.93. The molecule has 2 aromatic heterocycles. The third kappa shape index (κ3) is 1.87. The quantitative estimate of drug-likeness (QED) is 0.746. The van der Waals surface area contributed by atoms with E-state index in [0.29, 0.717) is 0 Å². The van der Waals surface area contributed by atoms with Crippen LogP contribution in [0.1, 0.15) is 29.1 Å². The number of H-pyrrole nitrogens is 1. The average molecular weight is 294 g/mol. The molecule has 0 saturated carbocycles. The number of phenolic OH excluding ortho intramolecular Hbond substituents is 1. The van der Waals surface area contributed by atoms with E-state index in [1.807, 2.05) is 26.0 Å². The van der Waals surface area contributed by atoms with Crippen LogP contribution < -0.4 is 0 Å². The number of nitrogens with one attached hydrogen (secondary N) is 1. The molecule has 0 unspecified atom stereocenters. The third-order valence-electron chi connectivity index (χ3n) is 4.48. The molecule has 1 aliphatic carbocycles. The molecule has 4 heteroatoms. The standard InChI is InChI=1S/C18H18N2O2/c1-10-16(11(2)22-20-10)18-17(12-6-8-13(21)9-7-12)14-4-3-5-15(14)19-18/h6-9,19,21H,3-5H2,1-2H3. The van der Waals surface area contributed by atoms with Gasteiger partial charge in [0.1, 0.15) is 11.5 Å². The van der Waals surface area contributed by atoms with Gasteiger partial charge in [-0.15, -0.1) is 0 Å². The second kappa shape index (κ2) is 4.77. The first-order valence-corrected chi connectivity index (χ1v) is 7.61. The van der Waals surface area contributed by atoms with Crippen molar-refractivity contribution in [3.63, 3.8) is 0 Å². The number of rotatable bonds is 2. The van der Waals surface area contributed by atoms with Gasteiger partial charge in [0.2, 0.25) is 0 Å². The Labute approximate surface area is 128 Å². The maximum Gasteiger partial charge on any atom is 0.143 e. The highest BCUT2D eigenvalue weighted by molar-refractivity contribution is 5.87. The molecule has 3 aromatic rings. The smallest absolute Gasteiger partial charge is 0.143 e. The van der Waals surface area contributed by atoms with Gasteiger partial charge in [-0.25, -0.2) is 0 Å². The average Bonchev–Trinajstić information content (AvgIpc) is 3.15. The SMILES string of the molecule is Cc1noc(C)c1-c1[nH]c2c(c1-c1ccc(O)cc1)CCC2. The normalized spacial score (nSPS) is 13.5. The minimum absolute atomic E-state index is 0.287. The molecule has 112 valence electrons. The number of fused-ring (bicyclic) bond motifs is 1. The third-order valence-corrected chi connectivity index (χ3v) is 4.48. The Balaban J connectivity index is 1.99. The van der Waals surface area contributed by atoms with Gasteiger partial charge in [0.25, 0.3) is 0 Å². The van der Waals surface area contributed by atoms with Crippen LogP contribution >= 0.6 is 0 Å². The first-order valence-electron chi connectivity index (χ1n) is 7.61. The fraction of sp³-hybridized carbons (Fsp3) is 0.278. The zero-order valence-corrected chi connectivity index (χ0v) is 12.7. The lowest BCUT2D eigenvalue weighted by Crippen LogP contribution is -1.89. The molecule has 0 spiro atoms. The molecule has 4 rings (SSSR count). The number of aromatic amines is 1. The summed E-state index contributed by atoms with van der Waals surface area (Å²) >= 11 is 0. The van der Waals surface area contributed by atoms with Gasteiger partial charge >= 0.3 is 0 Å². The summed E-state index contributed by atoms with van der Waals surface area (Å²) in [6.45, 7) is 3.92. The van der Waals surface area contributed by atoms with Crippen LogP contribution in [-0.4, -0.2) is 15.2 Å². The van der Waals surface area contributed by atoms with Gasteiger partial charge in [0.05, 0.1) is 17.0 Å². The molecule has 2 heterocycles. The molecule has 0 fully saturated rings. The molecule has 0 aliphatic heterocycles. The summed E-state index contributed by atoms with van der Waals surface area (Å²) in [6, 6.07) is 7.42. The van der Waals surface area contributed by atoms with Crippen LogP contribution in [0.4, 0.5) is 0 Å². The van der Waals surface area contributed by atoms with Gasteiger partial charge in [0, 0.05) is 11.3 Å². The number of phenols is 1. The summed E-state index contributed by atoms with van der Waals surface area (Å²) in [5, 5.41) is 13.6. The van der Waals surface area contributed by atoms with E-state index in [0.717, 1.165) is 41.1 Å². The van der Waals surface area contributed by atoms with E-state index >= 15 is 0 Å². The van der Waals surface area contributed by atoms with E-state index < -0.39 is 0 Å².